The minimum atomic E-state index is 0.612. The molecule has 1 saturated carbocycles. The summed E-state index contributed by atoms with van der Waals surface area (Å²) < 4.78 is 0. The molecule has 0 spiro atoms. The van der Waals surface area contributed by atoms with Gasteiger partial charge in [-0.05, 0) is 43.7 Å². The van der Waals surface area contributed by atoms with Crippen LogP contribution in [0.2, 0.25) is 10.0 Å². The van der Waals surface area contributed by atoms with Gasteiger partial charge in [0.25, 0.3) is 0 Å². The molecular formula is C15H20Cl2N2. The smallest absolute Gasteiger partial charge is 0.0749 e. The maximum absolute atomic E-state index is 6.39. The Morgan fingerprint density at radius 2 is 1.63 bits per heavy atom. The molecule has 1 aliphatic heterocycles. The van der Waals surface area contributed by atoms with E-state index >= 15 is 0 Å². The Bertz CT molecular complexity index is 450. The summed E-state index contributed by atoms with van der Waals surface area (Å²) in [5.74, 6) is 0.812. The topological polar surface area (TPSA) is 29.3 Å². The van der Waals surface area contributed by atoms with Crippen LogP contribution in [-0.4, -0.2) is 12.6 Å². The van der Waals surface area contributed by atoms with Gasteiger partial charge in [-0.2, -0.15) is 0 Å². The number of fused-ring (bicyclic) bond motifs is 1. The van der Waals surface area contributed by atoms with Crippen molar-refractivity contribution in [2.45, 2.75) is 44.6 Å². The summed E-state index contributed by atoms with van der Waals surface area (Å²) in [7, 11) is 0. The second-order valence-electron chi connectivity index (χ2n) is 5.78. The predicted octanol–water partition coefficient (Wildman–Crippen LogP) is 4.73. The van der Waals surface area contributed by atoms with Crippen LogP contribution in [0.25, 0.3) is 0 Å². The molecule has 19 heavy (non-hydrogen) atoms. The summed E-state index contributed by atoms with van der Waals surface area (Å²) in [6, 6.07) is 4.24. The monoisotopic (exact) mass is 298 g/mol. The van der Waals surface area contributed by atoms with Crippen LogP contribution in [0.4, 0.5) is 11.4 Å². The molecule has 2 aliphatic rings. The van der Waals surface area contributed by atoms with Crippen molar-refractivity contribution in [1.29, 1.82) is 0 Å². The highest BCUT2D eigenvalue weighted by atomic mass is 35.5. The van der Waals surface area contributed by atoms with Gasteiger partial charge < -0.3 is 10.6 Å². The van der Waals surface area contributed by atoms with Gasteiger partial charge >= 0.3 is 0 Å². The fourth-order valence-corrected chi connectivity index (χ4v) is 4.48. The zero-order valence-corrected chi connectivity index (χ0v) is 12.6. The Morgan fingerprint density at radius 1 is 1.00 bits per heavy atom. The van der Waals surface area contributed by atoms with E-state index in [4.69, 9.17) is 28.9 Å². The molecule has 0 bridgehead atoms. The Morgan fingerprint density at radius 3 is 2.37 bits per heavy atom. The normalized spacial score (nSPS) is 27.2. The Labute approximate surface area is 124 Å². The van der Waals surface area contributed by atoms with Crippen LogP contribution in [0.3, 0.4) is 0 Å². The number of hydrogen-bond donors (Lipinski definition) is 1. The van der Waals surface area contributed by atoms with Gasteiger partial charge in [0.15, 0.2) is 0 Å². The van der Waals surface area contributed by atoms with E-state index in [2.05, 4.69) is 4.90 Å². The number of halogens is 2. The van der Waals surface area contributed by atoms with Gasteiger partial charge in [0.2, 0.25) is 0 Å². The molecule has 1 heterocycles. The third-order valence-corrected chi connectivity index (χ3v) is 5.15. The first-order valence-electron chi connectivity index (χ1n) is 7.18. The molecule has 2 nitrogen and oxygen atoms in total. The summed E-state index contributed by atoms with van der Waals surface area (Å²) in [4.78, 5) is 2.44. The van der Waals surface area contributed by atoms with Gasteiger partial charge in [0.1, 0.15) is 0 Å². The third kappa shape index (κ3) is 2.53. The zero-order valence-electron chi connectivity index (χ0n) is 11.0. The molecule has 104 valence electrons. The molecule has 2 unspecified atom stereocenters. The molecule has 2 fully saturated rings. The number of hydrogen-bond acceptors (Lipinski definition) is 2. The van der Waals surface area contributed by atoms with Crippen LogP contribution in [0.5, 0.6) is 0 Å². The molecule has 0 aromatic heterocycles. The number of nitrogens with two attached hydrogens (primary N) is 1. The third-order valence-electron chi connectivity index (χ3n) is 4.57. The molecule has 1 aromatic carbocycles. The lowest BCUT2D eigenvalue weighted by molar-refractivity contribution is 0.244. The fourth-order valence-electron chi connectivity index (χ4n) is 3.76. The fraction of sp³-hybridized carbons (Fsp3) is 0.600. The van der Waals surface area contributed by atoms with Gasteiger partial charge in [-0.15, -0.1) is 0 Å². The zero-order chi connectivity index (χ0) is 13.4. The Balaban J connectivity index is 1.96. The minimum absolute atomic E-state index is 0.612. The molecule has 0 amide bonds. The first-order chi connectivity index (χ1) is 9.16. The number of rotatable bonds is 1. The van der Waals surface area contributed by atoms with Crippen molar-refractivity contribution in [1.82, 2.24) is 0 Å². The van der Waals surface area contributed by atoms with Crippen molar-refractivity contribution in [2.75, 3.05) is 17.2 Å². The highest BCUT2D eigenvalue weighted by Gasteiger charge is 2.34. The number of nitrogen functional groups attached to an aromatic ring is 1. The Hall–Kier alpha value is -0.600. The molecule has 1 aliphatic carbocycles. The summed E-state index contributed by atoms with van der Waals surface area (Å²) in [6.45, 7) is 1.06. The molecule has 3 rings (SSSR count). The van der Waals surface area contributed by atoms with E-state index in [-0.39, 0.29) is 0 Å². The largest absolute Gasteiger partial charge is 0.399 e. The van der Waals surface area contributed by atoms with Crippen LogP contribution < -0.4 is 10.6 Å². The van der Waals surface area contributed by atoms with Crippen molar-refractivity contribution < 1.29 is 0 Å². The summed E-state index contributed by atoms with van der Waals surface area (Å²) in [5.41, 5.74) is 7.43. The lowest BCUT2D eigenvalue weighted by Gasteiger charge is -2.46. The molecule has 4 heteroatoms. The van der Waals surface area contributed by atoms with Gasteiger partial charge in [-0.1, -0.05) is 36.0 Å². The lowest BCUT2D eigenvalue weighted by Crippen LogP contribution is -2.47. The van der Waals surface area contributed by atoms with E-state index in [1.165, 1.54) is 38.5 Å². The van der Waals surface area contributed by atoms with Crippen molar-refractivity contribution in [3.05, 3.63) is 22.2 Å². The van der Waals surface area contributed by atoms with Crippen LogP contribution >= 0.6 is 23.2 Å². The number of benzene rings is 1. The van der Waals surface area contributed by atoms with Crippen LogP contribution in [0, 0.1) is 5.92 Å². The summed E-state index contributed by atoms with van der Waals surface area (Å²) >= 11 is 12.8. The number of nitrogens with zero attached hydrogens (tertiary/aromatic N) is 1. The average molecular weight is 299 g/mol. The van der Waals surface area contributed by atoms with E-state index in [0.717, 1.165) is 18.2 Å². The van der Waals surface area contributed by atoms with Crippen LogP contribution in [0.1, 0.15) is 38.5 Å². The van der Waals surface area contributed by atoms with Crippen LogP contribution in [0.15, 0.2) is 12.1 Å². The first kappa shape index (κ1) is 13.4. The number of anilines is 2. The van der Waals surface area contributed by atoms with E-state index in [1.807, 2.05) is 12.1 Å². The van der Waals surface area contributed by atoms with Crippen molar-refractivity contribution in [3.63, 3.8) is 0 Å². The maximum atomic E-state index is 6.39. The second kappa shape index (κ2) is 5.41. The highest BCUT2D eigenvalue weighted by molar-refractivity contribution is 6.39. The quantitative estimate of drug-likeness (QED) is 0.759. The Kier molecular flexibility index (Phi) is 3.81. The summed E-state index contributed by atoms with van der Waals surface area (Å²) in [6.07, 6.45) is 7.90. The van der Waals surface area contributed by atoms with Gasteiger partial charge in [0.05, 0.1) is 15.7 Å². The highest BCUT2D eigenvalue weighted by Crippen LogP contribution is 2.43. The van der Waals surface area contributed by atoms with Crippen molar-refractivity contribution in [3.8, 4) is 0 Å². The molecule has 0 radical (unpaired) electrons. The maximum Gasteiger partial charge on any atom is 0.0749 e. The van der Waals surface area contributed by atoms with E-state index in [1.54, 1.807) is 0 Å². The van der Waals surface area contributed by atoms with Gasteiger partial charge in [-0.25, -0.2) is 0 Å². The summed E-state index contributed by atoms with van der Waals surface area (Å²) in [5, 5.41) is 1.38. The molecule has 2 atom stereocenters. The van der Waals surface area contributed by atoms with E-state index in [0.29, 0.717) is 21.8 Å². The minimum Gasteiger partial charge on any atom is -0.399 e. The van der Waals surface area contributed by atoms with Crippen LogP contribution in [-0.2, 0) is 0 Å². The molecular weight excluding hydrogens is 279 g/mol. The van der Waals surface area contributed by atoms with Gasteiger partial charge in [0, 0.05) is 18.3 Å². The van der Waals surface area contributed by atoms with E-state index < -0.39 is 0 Å². The van der Waals surface area contributed by atoms with Gasteiger partial charge in [-0.3, -0.25) is 0 Å². The van der Waals surface area contributed by atoms with E-state index in [9.17, 15) is 0 Å². The standard InChI is InChI=1S/C15H20Cl2N2/c16-12-8-11(18)9-13(17)15(12)19-7-3-5-10-4-1-2-6-14(10)19/h8-10,14H,1-7,18H2. The SMILES string of the molecule is Nc1cc(Cl)c(N2CCCC3CCCCC32)c(Cl)c1. The molecule has 1 saturated heterocycles. The molecule has 1 aromatic rings. The molecule has 2 N–H and O–H groups in total. The van der Waals surface area contributed by atoms with Crippen molar-refractivity contribution >= 4 is 34.6 Å². The number of piperidine rings is 1. The van der Waals surface area contributed by atoms with Crippen molar-refractivity contribution in [2.24, 2.45) is 5.92 Å². The second-order valence-corrected chi connectivity index (χ2v) is 6.60. The average Bonchev–Trinajstić information content (AvgIpc) is 2.38. The predicted molar refractivity (Wildman–Crippen MR) is 83.2 cm³/mol. The lowest BCUT2D eigenvalue weighted by atomic mass is 9.78. The first-order valence-corrected chi connectivity index (χ1v) is 7.93.